The topological polar surface area (TPSA) is 38.7 Å². The highest BCUT2D eigenvalue weighted by Gasteiger charge is 2.33. The zero-order valence-corrected chi connectivity index (χ0v) is 13.4. The van der Waals surface area contributed by atoms with Crippen LogP contribution in [0, 0.1) is 0 Å². The van der Waals surface area contributed by atoms with E-state index in [1.165, 1.54) is 7.11 Å². The van der Waals surface area contributed by atoms with Crippen LogP contribution in [0.3, 0.4) is 0 Å². The molecule has 0 saturated carbocycles. The van der Waals surface area contributed by atoms with E-state index in [2.05, 4.69) is 19.9 Å². The van der Waals surface area contributed by atoms with Crippen molar-refractivity contribution in [2.24, 2.45) is 4.99 Å². The maximum Gasteiger partial charge on any atom is 0.338 e. The van der Waals surface area contributed by atoms with Gasteiger partial charge in [-0.3, -0.25) is 4.99 Å². The van der Waals surface area contributed by atoms with Crippen LogP contribution < -0.4 is 0 Å². The number of esters is 1. The number of carbonyl (C=O) groups is 1. The number of aliphatic imine (C=N–C) groups is 1. The van der Waals surface area contributed by atoms with Gasteiger partial charge in [-0.05, 0) is 31.5 Å². The Kier molecular flexibility index (Phi) is 3.53. The summed E-state index contributed by atoms with van der Waals surface area (Å²) in [6.45, 7) is 4.12. The third kappa shape index (κ3) is 2.32. The van der Waals surface area contributed by atoms with E-state index in [-0.39, 0.29) is 5.54 Å². The summed E-state index contributed by atoms with van der Waals surface area (Å²) in [6, 6.07) is 13.3. The van der Waals surface area contributed by atoms with Crippen LogP contribution in [0.15, 0.2) is 47.5 Å². The van der Waals surface area contributed by atoms with E-state index < -0.39 is 5.97 Å². The Morgan fingerprint density at radius 1 is 1.14 bits per heavy atom. The first-order valence-corrected chi connectivity index (χ1v) is 7.40. The number of rotatable bonds is 2. The summed E-state index contributed by atoms with van der Waals surface area (Å²) in [7, 11) is 1.36. The van der Waals surface area contributed by atoms with Crippen LogP contribution in [0.25, 0.3) is 0 Å². The van der Waals surface area contributed by atoms with Gasteiger partial charge in [0.1, 0.15) is 0 Å². The zero-order valence-electron chi connectivity index (χ0n) is 12.7. The van der Waals surface area contributed by atoms with E-state index in [1.54, 1.807) is 12.1 Å². The van der Waals surface area contributed by atoms with E-state index in [1.807, 2.05) is 24.3 Å². The normalized spacial score (nSPS) is 15.2. The van der Waals surface area contributed by atoms with Crippen LogP contribution in [0.2, 0.25) is 5.02 Å². The van der Waals surface area contributed by atoms with Crippen molar-refractivity contribution in [3.63, 3.8) is 0 Å². The van der Waals surface area contributed by atoms with Crippen LogP contribution >= 0.6 is 11.6 Å². The predicted molar refractivity (Wildman–Crippen MR) is 87.9 cm³/mol. The van der Waals surface area contributed by atoms with E-state index >= 15 is 0 Å². The Hall–Kier alpha value is -2.13. The van der Waals surface area contributed by atoms with Gasteiger partial charge >= 0.3 is 5.97 Å². The second-order valence-corrected chi connectivity index (χ2v) is 6.18. The molecule has 0 fully saturated rings. The molecule has 3 nitrogen and oxygen atoms in total. The lowest BCUT2D eigenvalue weighted by molar-refractivity contribution is 0.0600. The molecule has 0 spiro atoms. The molecule has 1 aliphatic heterocycles. The molecule has 112 valence electrons. The lowest BCUT2D eigenvalue weighted by Gasteiger charge is -2.15. The van der Waals surface area contributed by atoms with Crippen LogP contribution in [0.1, 0.15) is 40.9 Å². The first-order chi connectivity index (χ1) is 10.4. The second-order valence-electron chi connectivity index (χ2n) is 5.75. The Bertz CT molecular complexity index is 793. The number of nitrogens with zero attached hydrogens (tertiary/aromatic N) is 1. The van der Waals surface area contributed by atoms with E-state index in [0.717, 1.165) is 22.4 Å². The first kappa shape index (κ1) is 14.8. The number of fused-ring (bicyclic) bond motifs is 1. The molecular formula is C18H16ClNO2. The Morgan fingerprint density at radius 3 is 2.59 bits per heavy atom. The van der Waals surface area contributed by atoms with Gasteiger partial charge < -0.3 is 4.74 Å². The number of carbonyl (C=O) groups excluding carboxylic acids is 1. The van der Waals surface area contributed by atoms with Gasteiger partial charge in [0.15, 0.2) is 0 Å². The molecule has 3 rings (SSSR count). The van der Waals surface area contributed by atoms with Crippen LogP contribution in [0.5, 0.6) is 0 Å². The SMILES string of the molecule is COC(=O)c1cc(Cl)ccc1C1=NC(C)(C)c2ccccc21. The molecule has 0 radical (unpaired) electrons. The maximum absolute atomic E-state index is 12.1. The molecule has 4 heteroatoms. The van der Waals surface area contributed by atoms with Crippen molar-refractivity contribution in [1.29, 1.82) is 0 Å². The Balaban J connectivity index is 2.23. The van der Waals surface area contributed by atoms with Gasteiger partial charge in [-0.25, -0.2) is 4.79 Å². The summed E-state index contributed by atoms with van der Waals surface area (Å²) < 4.78 is 4.88. The third-order valence-electron chi connectivity index (χ3n) is 3.87. The molecule has 22 heavy (non-hydrogen) atoms. The highest BCUT2D eigenvalue weighted by Crippen LogP contribution is 2.37. The quantitative estimate of drug-likeness (QED) is 0.779. The average molecular weight is 314 g/mol. The minimum Gasteiger partial charge on any atom is -0.465 e. The van der Waals surface area contributed by atoms with Crippen molar-refractivity contribution in [1.82, 2.24) is 0 Å². The standard InChI is InChI=1S/C18H16ClNO2/c1-18(2)15-7-5-4-6-13(15)16(20-18)12-9-8-11(19)10-14(12)17(21)22-3/h4-10H,1-3H3. The molecule has 0 N–H and O–H groups in total. The molecule has 0 bridgehead atoms. The van der Waals surface area contributed by atoms with Crippen molar-refractivity contribution in [3.05, 3.63) is 69.7 Å². The number of benzene rings is 2. The molecule has 0 amide bonds. The number of hydrogen-bond acceptors (Lipinski definition) is 3. The van der Waals surface area contributed by atoms with Crippen molar-refractivity contribution in [2.45, 2.75) is 19.4 Å². The summed E-state index contributed by atoms with van der Waals surface area (Å²) in [5.41, 5.74) is 3.85. The minimum absolute atomic E-state index is 0.320. The summed E-state index contributed by atoms with van der Waals surface area (Å²) >= 11 is 6.03. The monoisotopic (exact) mass is 313 g/mol. The van der Waals surface area contributed by atoms with Crippen LogP contribution in [-0.2, 0) is 10.3 Å². The van der Waals surface area contributed by atoms with Gasteiger partial charge in [0.2, 0.25) is 0 Å². The second kappa shape index (κ2) is 5.25. The molecule has 0 aromatic heterocycles. The summed E-state index contributed by atoms with van der Waals surface area (Å²) in [6.07, 6.45) is 0. The predicted octanol–water partition coefficient (Wildman–Crippen LogP) is 4.21. The third-order valence-corrected chi connectivity index (χ3v) is 4.11. The van der Waals surface area contributed by atoms with Gasteiger partial charge in [-0.1, -0.05) is 41.9 Å². The fourth-order valence-corrected chi connectivity index (χ4v) is 3.00. The smallest absolute Gasteiger partial charge is 0.338 e. The summed E-state index contributed by atoms with van der Waals surface area (Å²) in [5, 5.41) is 0.496. The maximum atomic E-state index is 12.1. The summed E-state index contributed by atoms with van der Waals surface area (Å²) in [5.74, 6) is -0.414. The zero-order chi connectivity index (χ0) is 15.9. The summed E-state index contributed by atoms with van der Waals surface area (Å²) in [4.78, 5) is 16.9. The lowest BCUT2D eigenvalue weighted by atomic mass is 9.91. The molecule has 0 aliphatic carbocycles. The van der Waals surface area contributed by atoms with Crippen molar-refractivity contribution in [2.75, 3.05) is 7.11 Å². The highest BCUT2D eigenvalue weighted by atomic mass is 35.5. The molecule has 0 unspecified atom stereocenters. The Labute approximate surface area is 134 Å². The molecular weight excluding hydrogens is 298 g/mol. The molecule has 2 aromatic carbocycles. The van der Waals surface area contributed by atoms with E-state index in [0.29, 0.717) is 10.6 Å². The van der Waals surface area contributed by atoms with Crippen molar-refractivity contribution in [3.8, 4) is 0 Å². The number of ether oxygens (including phenoxy) is 1. The number of halogens is 1. The fraction of sp³-hybridized carbons (Fsp3) is 0.222. The lowest BCUT2D eigenvalue weighted by Crippen LogP contribution is -2.11. The average Bonchev–Trinajstić information content (AvgIpc) is 2.78. The molecule has 1 heterocycles. The van der Waals surface area contributed by atoms with E-state index in [9.17, 15) is 4.79 Å². The van der Waals surface area contributed by atoms with Gasteiger partial charge in [0, 0.05) is 16.1 Å². The van der Waals surface area contributed by atoms with E-state index in [4.69, 9.17) is 21.3 Å². The van der Waals surface area contributed by atoms with Crippen molar-refractivity contribution < 1.29 is 9.53 Å². The van der Waals surface area contributed by atoms with Crippen LogP contribution in [0.4, 0.5) is 0 Å². The van der Waals surface area contributed by atoms with Gasteiger partial charge in [-0.15, -0.1) is 0 Å². The molecule has 0 atom stereocenters. The highest BCUT2D eigenvalue weighted by molar-refractivity contribution is 6.31. The van der Waals surface area contributed by atoms with Gasteiger partial charge in [-0.2, -0.15) is 0 Å². The van der Waals surface area contributed by atoms with Crippen LogP contribution in [-0.4, -0.2) is 18.8 Å². The number of methoxy groups -OCH3 is 1. The fourth-order valence-electron chi connectivity index (χ4n) is 2.83. The first-order valence-electron chi connectivity index (χ1n) is 7.02. The van der Waals surface area contributed by atoms with Crippen molar-refractivity contribution >= 4 is 23.3 Å². The minimum atomic E-state index is -0.414. The van der Waals surface area contributed by atoms with Gasteiger partial charge in [0.05, 0.1) is 23.9 Å². The molecule has 0 saturated heterocycles. The van der Waals surface area contributed by atoms with Gasteiger partial charge in [0.25, 0.3) is 0 Å². The number of hydrogen-bond donors (Lipinski definition) is 0. The largest absolute Gasteiger partial charge is 0.465 e. The molecule has 2 aromatic rings. The Morgan fingerprint density at radius 2 is 1.86 bits per heavy atom. The molecule has 1 aliphatic rings.